The summed E-state index contributed by atoms with van der Waals surface area (Å²) in [5.41, 5.74) is 1.33. The van der Waals surface area contributed by atoms with E-state index < -0.39 is 47.2 Å². The number of alkyl halides is 2. The molecule has 7 rings (SSSR count). The number of nitrogens with zero attached hydrogens (tertiary/aromatic N) is 2. The zero-order chi connectivity index (χ0) is 26.9. The molecule has 2 bridgehead atoms. The molecule has 4 fully saturated rings. The number of pyridine rings is 1. The number of hydrogen-bond acceptors (Lipinski definition) is 6. The number of aromatic nitrogens is 1. The van der Waals surface area contributed by atoms with Gasteiger partial charge in [0.1, 0.15) is 28.8 Å². The maximum absolute atomic E-state index is 17.2. The normalized spacial score (nSPS) is 47.5. The van der Waals surface area contributed by atoms with Crippen LogP contribution in [0.25, 0.3) is 16.3 Å². The molecule has 204 valence electrons. The smallest absolute Gasteiger partial charge is 0.171 e. The monoisotopic (exact) mass is 525 g/mol. The summed E-state index contributed by atoms with van der Waals surface area (Å²) < 4.78 is 41.0. The maximum atomic E-state index is 17.2. The van der Waals surface area contributed by atoms with Crippen LogP contribution in [0.4, 0.5) is 14.6 Å². The van der Waals surface area contributed by atoms with E-state index in [9.17, 15) is 10.2 Å². The summed E-state index contributed by atoms with van der Waals surface area (Å²) in [5, 5.41) is 23.8. The number of hydrogen-bond donors (Lipinski definition) is 3. The predicted octanol–water partition coefficient (Wildman–Crippen LogP) is 4.18. The fourth-order valence-electron chi connectivity index (χ4n) is 9.34. The minimum Gasteiger partial charge on any atom is -0.389 e. The zero-order valence-corrected chi connectivity index (χ0v) is 22.3. The Labute approximate surface area is 221 Å². The molecule has 2 aromatic rings. The standard InChI is InChI=1S/C30H37F2N3O3/c1-26-9-10-27(31)16-29(32)24(37)23(36)21(35(2)3)15-28(29)11-12-30(27,38-28)22(26)7-6-20(26)18-4-5-19-17(14-18)8-13-34-25(19)33/h4-6,8,13-14,21-24,36-37H,7,9-12,15-16H2,1-3H3,(H2,33,34)/t21-,22?,23+,24-,26+,27?,28+,29?,30-/m0/s1. The highest BCUT2D eigenvalue weighted by molar-refractivity contribution is 5.93. The van der Waals surface area contributed by atoms with Crippen molar-refractivity contribution >= 4 is 22.2 Å². The molecule has 3 aliphatic carbocycles. The van der Waals surface area contributed by atoms with Crippen LogP contribution < -0.4 is 5.73 Å². The van der Waals surface area contributed by atoms with Gasteiger partial charge in [0.05, 0.1) is 6.10 Å². The first-order valence-corrected chi connectivity index (χ1v) is 13.9. The number of rotatable bonds is 2. The lowest BCUT2D eigenvalue weighted by Crippen LogP contribution is -2.78. The van der Waals surface area contributed by atoms with Crippen molar-refractivity contribution in [3.8, 4) is 0 Å². The van der Waals surface area contributed by atoms with E-state index in [4.69, 9.17) is 10.5 Å². The first-order valence-electron chi connectivity index (χ1n) is 13.9. The van der Waals surface area contributed by atoms with Crippen LogP contribution in [0, 0.1) is 11.3 Å². The first kappa shape index (κ1) is 24.9. The fourth-order valence-corrected chi connectivity index (χ4v) is 9.34. The van der Waals surface area contributed by atoms with Gasteiger partial charge in [0.15, 0.2) is 5.67 Å². The van der Waals surface area contributed by atoms with E-state index in [1.54, 1.807) is 6.20 Å². The van der Waals surface area contributed by atoms with Crippen LogP contribution in [0.15, 0.2) is 36.5 Å². The highest BCUT2D eigenvalue weighted by Crippen LogP contribution is 2.74. The second-order valence-corrected chi connectivity index (χ2v) is 13.1. The van der Waals surface area contributed by atoms with Crippen LogP contribution in [0.2, 0.25) is 0 Å². The summed E-state index contributed by atoms with van der Waals surface area (Å²) in [6, 6.07) is 7.68. The van der Waals surface area contributed by atoms with Crippen molar-refractivity contribution in [2.24, 2.45) is 11.3 Å². The topological polar surface area (TPSA) is 91.8 Å². The van der Waals surface area contributed by atoms with Gasteiger partial charge in [-0.15, -0.1) is 0 Å². The lowest BCUT2D eigenvalue weighted by Gasteiger charge is -2.65. The number of anilines is 1. The number of likely N-dealkylation sites (N-methyl/N-ethyl adjacent to an activating group) is 1. The summed E-state index contributed by atoms with van der Waals surface area (Å²) in [6.07, 6.45) is 2.87. The lowest BCUT2D eigenvalue weighted by molar-refractivity contribution is -0.347. The molecule has 1 aromatic carbocycles. The van der Waals surface area contributed by atoms with Gasteiger partial charge in [-0.05, 0) is 86.7 Å². The molecule has 6 nitrogen and oxygen atoms in total. The first-order chi connectivity index (χ1) is 17.9. The second-order valence-electron chi connectivity index (χ2n) is 13.1. The van der Waals surface area contributed by atoms with Crippen molar-refractivity contribution in [3.63, 3.8) is 0 Å². The second kappa shape index (κ2) is 7.53. The Balaban J connectivity index is 1.29. The Hall–Kier alpha value is -2.13. The number of nitrogen functional groups attached to an aromatic ring is 1. The quantitative estimate of drug-likeness (QED) is 0.545. The van der Waals surface area contributed by atoms with Crippen LogP contribution in [-0.2, 0) is 4.74 Å². The van der Waals surface area contributed by atoms with Gasteiger partial charge >= 0.3 is 0 Å². The van der Waals surface area contributed by atoms with Crippen LogP contribution in [0.1, 0.15) is 57.4 Å². The molecule has 3 heterocycles. The SMILES string of the molecule is CN(C)[C@H]1C[C@@]23CC[C@]4(O2)C2CC=C(c5ccc6c(N)nccc6c5)[C@@]2(C)CCC4(F)CC3(F)[C@@H](O)[C@@H]1O. The third kappa shape index (κ3) is 2.77. The predicted molar refractivity (Wildman–Crippen MR) is 142 cm³/mol. The van der Waals surface area contributed by atoms with Gasteiger partial charge in [-0.2, -0.15) is 0 Å². The Bertz CT molecular complexity index is 1370. The molecule has 2 saturated heterocycles. The number of halogens is 2. The van der Waals surface area contributed by atoms with Crippen molar-refractivity contribution in [1.29, 1.82) is 0 Å². The van der Waals surface area contributed by atoms with Gasteiger partial charge in [0, 0.05) is 30.0 Å². The molecule has 0 amide bonds. The number of ether oxygens (including phenoxy) is 1. The third-order valence-electron chi connectivity index (χ3n) is 11.4. The van der Waals surface area contributed by atoms with Crippen LogP contribution in [0.3, 0.4) is 0 Å². The largest absolute Gasteiger partial charge is 0.389 e. The number of nitrogens with two attached hydrogens (primary N) is 1. The molecular weight excluding hydrogens is 488 g/mol. The molecule has 5 aliphatic rings. The summed E-state index contributed by atoms with van der Waals surface area (Å²) in [5.74, 6) is 0.349. The van der Waals surface area contributed by atoms with E-state index >= 15 is 8.78 Å². The van der Waals surface area contributed by atoms with Crippen LogP contribution >= 0.6 is 0 Å². The maximum Gasteiger partial charge on any atom is 0.171 e. The van der Waals surface area contributed by atoms with E-state index in [2.05, 4.69) is 30.1 Å². The average molecular weight is 526 g/mol. The van der Waals surface area contributed by atoms with Crippen molar-refractivity contribution in [2.45, 2.75) is 92.7 Å². The Morgan fingerprint density at radius 1 is 1.11 bits per heavy atom. The van der Waals surface area contributed by atoms with Gasteiger partial charge in [-0.3, -0.25) is 0 Å². The summed E-state index contributed by atoms with van der Waals surface area (Å²) in [6.45, 7) is 2.21. The highest BCUT2D eigenvalue weighted by Gasteiger charge is 2.82. The van der Waals surface area contributed by atoms with Crippen molar-refractivity contribution in [2.75, 3.05) is 19.8 Å². The van der Waals surface area contributed by atoms with Gasteiger partial charge in [0.25, 0.3) is 0 Å². The number of allylic oxidation sites excluding steroid dienone is 2. The van der Waals surface area contributed by atoms with Gasteiger partial charge in [-0.25, -0.2) is 13.8 Å². The lowest BCUT2D eigenvalue weighted by atomic mass is 9.51. The highest BCUT2D eigenvalue weighted by atomic mass is 19.2. The molecule has 2 spiro atoms. The number of benzene rings is 1. The summed E-state index contributed by atoms with van der Waals surface area (Å²) >= 11 is 0. The molecule has 1 aromatic heterocycles. The van der Waals surface area contributed by atoms with E-state index in [1.165, 1.54) is 5.57 Å². The molecule has 9 atom stereocenters. The zero-order valence-electron chi connectivity index (χ0n) is 22.3. The van der Waals surface area contributed by atoms with E-state index in [0.29, 0.717) is 31.5 Å². The molecule has 0 radical (unpaired) electrons. The van der Waals surface area contributed by atoms with E-state index in [0.717, 1.165) is 16.3 Å². The molecule has 38 heavy (non-hydrogen) atoms. The molecular formula is C30H37F2N3O3. The van der Waals surface area contributed by atoms with E-state index in [1.807, 2.05) is 31.1 Å². The van der Waals surface area contributed by atoms with Gasteiger partial charge in [0.2, 0.25) is 0 Å². The van der Waals surface area contributed by atoms with E-state index in [-0.39, 0.29) is 24.2 Å². The minimum atomic E-state index is -2.33. The molecule has 8 heteroatoms. The summed E-state index contributed by atoms with van der Waals surface area (Å²) in [7, 11) is 3.63. The molecule has 3 unspecified atom stereocenters. The van der Waals surface area contributed by atoms with Crippen LogP contribution in [0.5, 0.6) is 0 Å². The van der Waals surface area contributed by atoms with Crippen LogP contribution in [-0.4, -0.2) is 75.0 Å². The third-order valence-corrected chi connectivity index (χ3v) is 11.4. The van der Waals surface area contributed by atoms with Gasteiger partial charge in [-0.1, -0.05) is 25.1 Å². The summed E-state index contributed by atoms with van der Waals surface area (Å²) in [4.78, 5) is 6.01. The molecule has 2 aliphatic heterocycles. The number of aliphatic hydroxyl groups excluding tert-OH is 2. The average Bonchev–Trinajstić information content (AvgIpc) is 3.42. The molecule has 4 N–H and O–H groups in total. The minimum absolute atomic E-state index is 0.146. The van der Waals surface area contributed by atoms with Gasteiger partial charge < -0.3 is 25.6 Å². The number of aliphatic hydroxyl groups is 2. The Morgan fingerprint density at radius 3 is 2.66 bits per heavy atom. The Morgan fingerprint density at radius 2 is 1.89 bits per heavy atom. The molecule has 2 saturated carbocycles. The Kier molecular flexibility index (Phi) is 4.93. The number of fused-ring (bicyclic) bond motifs is 2. The van der Waals surface area contributed by atoms with Crippen molar-refractivity contribution in [3.05, 3.63) is 42.1 Å². The van der Waals surface area contributed by atoms with Crippen molar-refractivity contribution in [1.82, 2.24) is 9.88 Å². The van der Waals surface area contributed by atoms with Crippen molar-refractivity contribution < 1.29 is 23.7 Å². The fraction of sp³-hybridized carbons (Fsp3) is 0.633.